The fourth-order valence-electron chi connectivity index (χ4n) is 4.16. The molecule has 2 heterocycles. The van der Waals surface area contributed by atoms with Gasteiger partial charge in [-0.05, 0) is 49.7 Å². The zero-order valence-electron chi connectivity index (χ0n) is 26.7. The molecule has 2 amide bonds. The van der Waals surface area contributed by atoms with Crippen LogP contribution >= 0.6 is 0 Å². The van der Waals surface area contributed by atoms with Crippen LogP contribution in [-0.4, -0.2) is 45.5 Å². The predicted octanol–water partition coefficient (Wildman–Crippen LogP) is 2.75. The molecule has 16 heteroatoms. The highest BCUT2D eigenvalue weighted by atomic mass is 19.1. The van der Waals surface area contributed by atoms with Gasteiger partial charge in [-0.1, -0.05) is 13.8 Å². The topological polar surface area (TPSA) is 260 Å². The highest BCUT2D eigenvalue weighted by Gasteiger charge is 2.31. The zero-order valence-corrected chi connectivity index (χ0v) is 26.7. The summed E-state index contributed by atoms with van der Waals surface area (Å²) < 4.78 is 26.1. The molecule has 0 saturated heterocycles. The van der Waals surface area contributed by atoms with Gasteiger partial charge in [0.05, 0.1) is 47.5 Å². The fraction of sp³-hybridized carbons (Fsp3) is 0.375. The minimum atomic E-state index is -0.764. The molecule has 254 valence electrons. The van der Waals surface area contributed by atoms with Crippen LogP contribution in [0.4, 0.5) is 20.2 Å². The monoisotopic (exact) mass is 662 g/mol. The van der Waals surface area contributed by atoms with Crippen molar-refractivity contribution in [3.63, 3.8) is 0 Å². The number of pyridine rings is 2. The molecule has 2 atom stereocenters. The van der Waals surface area contributed by atoms with Gasteiger partial charge in [0, 0.05) is 49.0 Å². The van der Waals surface area contributed by atoms with Gasteiger partial charge >= 0.3 is 0 Å². The standard InChI is InChI=1S/2C15H17FN6O.C2H6/c2*16-13-7-10(4-6-20-13)22-14(18)11(15(19)23)8-21-12(3-5-17)9-1-2-9;1-2/h2*4,6-9,12,21H,1-3H2,(H2,19,23)(H2,18,20,22);1-2H3/b2*11-8+;/t12-;;/m0../s1. The number of amides is 2. The van der Waals surface area contributed by atoms with Crippen LogP contribution in [0.2, 0.25) is 0 Å². The number of nitrogens with one attached hydrogen (secondary N) is 2. The van der Waals surface area contributed by atoms with Crippen molar-refractivity contribution >= 4 is 34.9 Å². The van der Waals surface area contributed by atoms with Gasteiger partial charge in [-0.15, -0.1) is 0 Å². The summed E-state index contributed by atoms with van der Waals surface area (Å²) in [5.41, 5.74) is 22.6. The molecule has 0 spiro atoms. The number of amidine groups is 2. The van der Waals surface area contributed by atoms with Crippen LogP contribution in [0.1, 0.15) is 52.4 Å². The number of carbonyl (C=O) groups is 2. The van der Waals surface area contributed by atoms with Gasteiger partial charge in [-0.25, -0.2) is 20.0 Å². The second-order valence-electron chi connectivity index (χ2n) is 10.5. The van der Waals surface area contributed by atoms with Gasteiger partial charge in [0.1, 0.15) is 11.7 Å². The Morgan fingerprint density at radius 3 is 1.44 bits per heavy atom. The summed E-state index contributed by atoms with van der Waals surface area (Å²) in [6, 6.07) is 9.16. The fourth-order valence-corrected chi connectivity index (χ4v) is 4.16. The first-order valence-corrected chi connectivity index (χ1v) is 15.2. The third-order valence-electron chi connectivity index (χ3n) is 6.89. The van der Waals surface area contributed by atoms with Crippen LogP contribution in [0.15, 0.2) is 70.2 Å². The van der Waals surface area contributed by atoms with Crippen molar-refractivity contribution in [1.82, 2.24) is 20.6 Å². The lowest BCUT2D eigenvalue weighted by Gasteiger charge is -2.14. The Labute approximate surface area is 277 Å². The van der Waals surface area contributed by atoms with E-state index in [0.717, 1.165) is 37.8 Å². The zero-order chi connectivity index (χ0) is 35.6. The van der Waals surface area contributed by atoms with Gasteiger partial charge < -0.3 is 33.6 Å². The average Bonchev–Trinajstić information content (AvgIpc) is 3.96. The maximum absolute atomic E-state index is 13.0. The molecular formula is C32H40F2N12O2. The Bertz CT molecular complexity index is 1500. The van der Waals surface area contributed by atoms with Gasteiger partial charge in [-0.3, -0.25) is 9.59 Å². The number of nitrogens with zero attached hydrogens (tertiary/aromatic N) is 6. The van der Waals surface area contributed by atoms with Crippen molar-refractivity contribution in [2.45, 2.75) is 64.5 Å². The van der Waals surface area contributed by atoms with E-state index in [-0.39, 0.29) is 46.3 Å². The first-order chi connectivity index (χ1) is 23.0. The molecule has 48 heavy (non-hydrogen) atoms. The van der Waals surface area contributed by atoms with Crippen LogP contribution in [0, 0.1) is 46.4 Å². The van der Waals surface area contributed by atoms with Crippen LogP contribution < -0.4 is 33.6 Å². The first-order valence-electron chi connectivity index (χ1n) is 15.2. The first kappa shape index (κ1) is 38.3. The van der Waals surface area contributed by atoms with E-state index in [0.29, 0.717) is 24.7 Å². The van der Waals surface area contributed by atoms with Gasteiger partial charge in [0.25, 0.3) is 11.8 Å². The molecule has 0 bridgehead atoms. The number of nitriles is 2. The van der Waals surface area contributed by atoms with E-state index >= 15 is 0 Å². The minimum Gasteiger partial charge on any atom is -0.386 e. The SMILES string of the molecule is CC.N#CCC(N/C=C(/C(N)=O)C(N)=Nc1ccnc(F)c1)C1CC1.N#CC[C@H](N/C=C(/C(N)=O)C(N)=Nc1ccnc(F)c1)C1CC1. The second-order valence-corrected chi connectivity index (χ2v) is 10.5. The van der Waals surface area contributed by atoms with Gasteiger partial charge in [0.2, 0.25) is 11.9 Å². The van der Waals surface area contributed by atoms with Crippen molar-refractivity contribution in [2.75, 3.05) is 0 Å². The maximum Gasteiger partial charge on any atom is 0.253 e. The molecule has 0 radical (unpaired) electrons. The lowest BCUT2D eigenvalue weighted by atomic mass is 10.1. The Hall–Kier alpha value is -5.90. The van der Waals surface area contributed by atoms with Crippen molar-refractivity contribution in [3.05, 3.63) is 72.1 Å². The number of hydrogen-bond donors (Lipinski definition) is 6. The van der Waals surface area contributed by atoms with Crippen LogP contribution in [-0.2, 0) is 9.59 Å². The second kappa shape index (κ2) is 19.6. The third kappa shape index (κ3) is 13.2. The predicted molar refractivity (Wildman–Crippen MR) is 177 cm³/mol. The lowest BCUT2D eigenvalue weighted by molar-refractivity contribution is -0.115. The Morgan fingerprint density at radius 2 is 1.17 bits per heavy atom. The molecule has 10 N–H and O–H groups in total. The molecule has 2 saturated carbocycles. The summed E-state index contributed by atoms with van der Waals surface area (Å²) in [6.07, 6.45) is 10.0. The molecule has 2 aromatic rings. The van der Waals surface area contributed by atoms with Crippen molar-refractivity contribution in [1.29, 1.82) is 10.5 Å². The summed E-state index contributed by atoms with van der Waals surface area (Å²) >= 11 is 0. The number of rotatable bonds is 14. The summed E-state index contributed by atoms with van der Waals surface area (Å²) in [5, 5.41) is 23.7. The Morgan fingerprint density at radius 1 is 0.812 bits per heavy atom. The highest BCUT2D eigenvalue weighted by Crippen LogP contribution is 2.34. The molecule has 2 aromatic heterocycles. The molecule has 1 unspecified atom stereocenters. The average molecular weight is 663 g/mol. The minimum absolute atomic E-state index is 0.0224. The van der Waals surface area contributed by atoms with E-state index in [4.69, 9.17) is 33.5 Å². The highest BCUT2D eigenvalue weighted by molar-refractivity contribution is 6.20. The summed E-state index contributed by atoms with van der Waals surface area (Å²) in [6.45, 7) is 4.00. The number of carbonyl (C=O) groups excluding carboxylic acids is 2. The normalized spacial score (nSPS) is 16.0. The van der Waals surface area contributed by atoms with Crippen LogP contribution in [0.5, 0.6) is 0 Å². The smallest absolute Gasteiger partial charge is 0.253 e. The molecule has 2 aliphatic rings. The van der Waals surface area contributed by atoms with E-state index < -0.39 is 23.7 Å². The maximum atomic E-state index is 13.0. The van der Waals surface area contributed by atoms with E-state index in [1.54, 1.807) is 0 Å². The van der Waals surface area contributed by atoms with Crippen molar-refractivity contribution in [3.8, 4) is 12.1 Å². The lowest BCUT2D eigenvalue weighted by Crippen LogP contribution is -2.32. The van der Waals surface area contributed by atoms with E-state index in [9.17, 15) is 18.4 Å². The van der Waals surface area contributed by atoms with Crippen molar-refractivity contribution in [2.24, 2.45) is 44.8 Å². The number of nitrogens with two attached hydrogens (primary N) is 4. The number of aliphatic imine (C=N–C) groups is 2. The molecule has 2 fully saturated rings. The molecule has 14 nitrogen and oxygen atoms in total. The summed E-state index contributed by atoms with van der Waals surface area (Å²) in [4.78, 5) is 37.9. The van der Waals surface area contributed by atoms with E-state index in [1.165, 1.54) is 36.9 Å². The molecule has 2 aliphatic carbocycles. The van der Waals surface area contributed by atoms with Gasteiger partial charge in [-0.2, -0.15) is 19.3 Å². The molecule has 4 rings (SSSR count). The Balaban J connectivity index is 0.000000317. The molecular weight excluding hydrogens is 622 g/mol. The van der Waals surface area contributed by atoms with E-state index in [2.05, 4.69) is 42.7 Å². The number of halogens is 2. The molecule has 0 aliphatic heterocycles. The van der Waals surface area contributed by atoms with Crippen LogP contribution in [0.3, 0.4) is 0 Å². The van der Waals surface area contributed by atoms with E-state index in [1.807, 2.05) is 13.8 Å². The quantitative estimate of drug-likeness (QED) is 0.0745. The number of aromatic nitrogens is 2. The molecule has 0 aromatic carbocycles. The Kier molecular flexibility index (Phi) is 15.6. The number of primary amides is 2. The summed E-state index contributed by atoms with van der Waals surface area (Å²) in [5.74, 6) is -2.39. The third-order valence-corrected chi connectivity index (χ3v) is 6.89. The largest absolute Gasteiger partial charge is 0.386 e. The number of hydrogen-bond acceptors (Lipinski definition) is 10. The van der Waals surface area contributed by atoms with Crippen molar-refractivity contribution < 1.29 is 18.4 Å². The van der Waals surface area contributed by atoms with Gasteiger partial charge in [0.15, 0.2) is 0 Å². The summed E-state index contributed by atoms with van der Waals surface area (Å²) in [7, 11) is 0. The van der Waals surface area contributed by atoms with Crippen LogP contribution in [0.25, 0.3) is 0 Å².